The Morgan fingerprint density at radius 1 is 1.37 bits per heavy atom. The van der Waals surface area contributed by atoms with Gasteiger partial charge in [-0.1, -0.05) is 12.1 Å². The number of hydrogen-bond acceptors (Lipinski definition) is 5. The smallest absolute Gasteiger partial charge is 0.161 e. The molecule has 19 heavy (non-hydrogen) atoms. The molecule has 1 aromatic carbocycles. The van der Waals surface area contributed by atoms with Crippen molar-refractivity contribution in [2.75, 3.05) is 13.2 Å². The van der Waals surface area contributed by atoms with Gasteiger partial charge in [0.15, 0.2) is 11.5 Å². The summed E-state index contributed by atoms with van der Waals surface area (Å²) in [5.74, 6) is 1.65. The highest BCUT2D eigenvalue weighted by molar-refractivity contribution is 7.09. The van der Waals surface area contributed by atoms with Crippen molar-refractivity contribution in [1.82, 2.24) is 10.3 Å². The lowest BCUT2D eigenvalue weighted by Crippen LogP contribution is -2.38. The first-order valence-corrected chi connectivity index (χ1v) is 7.19. The first-order valence-electron chi connectivity index (χ1n) is 6.31. The van der Waals surface area contributed by atoms with Crippen molar-refractivity contribution in [3.8, 4) is 11.5 Å². The van der Waals surface area contributed by atoms with E-state index in [0.29, 0.717) is 6.61 Å². The van der Waals surface area contributed by atoms with Crippen molar-refractivity contribution in [2.45, 2.75) is 19.6 Å². The van der Waals surface area contributed by atoms with Gasteiger partial charge in [-0.05, 0) is 19.1 Å². The Kier molecular flexibility index (Phi) is 3.66. The minimum absolute atomic E-state index is 0.0518. The highest BCUT2D eigenvalue weighted by Gasteiger charge is 2.19. The van der Waals surface area contributed by atoms with Crippen molar-refractivity contribution >= 4 is 11.3 Å². The van der Waals surface area contributed by atoms with Crippen LogP contribution in [0.15, 0.2) is 29.6 Å². The molecule has 3 rings (SSSR count). The van der Waals surface area contributed by atoms with Gasteiger partial charge in [-0.15, -0.1) is 11.3 Å². The molecule has 0 aliphatic carbocycles. The number of nitrogens with zero attached hydrogens (tertiary/aromatic N) is 1. The lowest BCUT2D eigenvalue weighted by Gasteiger charge is -2.26. The summed E-state index contributed by atoms with van der Waals surface area (Å²) >= 11 is 1.68. The average molecular weight is 276 g/mol. The minimum Gasteiger partial charge on any atom is -0.486 e. The van der Waals surface area contributed by atoms with Crippen molar-refractivity contribution < 1.29 is 9.47 Å². The molecule has 1 aliphatic heterocycles. The van der Waals surface area contributed by atoms with Gasteiger partial charge in [0.05, 0.1) is 0 Å². The molecular weight excluding hydrogens is 260 g/mol. The molecule has 1 aromatic heterocycles. The number of ether oxygens (including phenoxy) is 2. The quantitative estimate of drug-likeness (QED) is 0.931. The molecule has 0 spiro atoms. The molecule has 2 aromatic rings. The fourth-order valence-corrected chi connectivity index (χ4v) is 2.73. The van der Waals surface area contributed by atoms with Crippen molar-refractivity contribution in [2.24, 2.45) is 0 Å². The summed E-state index contributed by atoms with van der Waals surface area (Å²) in [4.78, 5) is 4.41. The second kappa shape index (κ2) is 5.59. The Labute approximate surface area is 116 Å². The maximum Gasteiger partial charge on any atom is 0.161 e. The molecule has 2 heterocycles. The van der Waals surface area contributed by atoms with E-state index in [9.17, 15) is 0 Å². The van der Waals surface area contributed by atoms with Gasteiger partial charge < -0.3 is 14.8 Å². The molecule has 0 radical (unpaired) electrons. The van der Waals surface area contributed by atoms with Crippen LogP contribution in [0.3, 0.4) is 0 Å². The summed E-state index contributed by atoms with van der Waals surface area (Å²) < 4.78 is 11.5. The SMILES string of the molecule is Cc1csc(CNCC2COc3ccccc3O2)n1. The second-order valence-corrected chi connectivity index (χ2v) is 5.45. The predicted molar refractivity (Wildman–Crippen MR) is 74.9 cm³/mol. The zero-order chi connectivity index (χ0) is 13.1. The van der Waals surface area contributed by atoms with Gasteiger partial charge in [0.2, 0.25) is 0 Å². The van der Waals surface area contributed by atoms with Gasteiger partial charge in [-0.3, -0.25) is 0 Å². The summed E-state index contributed by atoms with van der Waals surface area (Å²) in [5.41, 5.74) is 1.08. The van der Waals surface area contributed by atoms with Gasteiger partial charge in [0.25, 0.3) is 0 Å². The van der Waals surface area contributed by atoms with E-state index in [1.54, 1.807) is 11.3 Å². The molecule has 0 bridgehead atoms. The number of benzene rings is 1. The van der Waals surface area contributed by atoms with E-state index in [1.807, 2.05) is 31.2 Å². The Morgan fingerprint density at radius 3 is 3.00 bits per heavy atom. The van der Waals surface area contributed by atoms with Crippen LogP contribution in [0, 0.1) is 6.92 Å². The zero-order valence-electron chi connectivity index (χ0n) is 10.8. The minimum atomic E-state index is 0.0518. The number of fused-ring (bicyclic) bond motifs is 1. The molecule has 0 amide bonds. The first-order chi connectivity index (χ1) is 9.31. The molecule has 5 heteroatoms. The summed E-state index contributed by atoms with van der Waals surface area (Å²) in [7, 11) is 0. The van der Waals surface area contributed by atoms with Crippen LogP contribution < -0.4 is 14.8 Å². The highest BCUT2D eigenvalue weighted by atomic mass is 32.1. The van der Waals surface area contributed by atoms with Crippen LogP contribution in [0.1, 0.15) is 10.7 Å². The van der Waals surface area contributed by atoms with Crippen LogP contribution in [-0.2, 0) is 6.54 Å². The second-order valence-electron chi connectivity index (χ2n) is 4.51. The Balaban J connectivity index is 1.50. The maximum atomic E-state index is 5.87. The average Bonchev–Trinajstić information content (AvgIpc) is 2.84. The van der Waals surface area contributed by atoms with Crippen LogP contribution in [0.4, 0.5) is 0 Å². The van der Waals surface area contributed by atoms with E-state index < -0.39 is 0 Å². The number of para-hydroxylation sites is 2. The van der Waals surface area contributed by atoms with Crippen LogP contribution >= 0.6 is 11.3 Å². The molecule has 1 aliphatic rings. The summed E-state index contributed by atoms with van der Waals surface area (Å²) in [6.07, 6.45) is 0.0518. The van der Waals surface area contributed by atoms with E-state index in [4.69, 9.17) is 9.47 Å². The van der Waals surface area contributed by atoms with Crippen LogP contribution in [0.2, 0.25) is 0 Å². The Bertz CT molecular complexity index is 556. The standard InChI is InChI=1S/C14H16N2O2S/c1-10-9-19-14(16-10)7-15-6-11-8-17-12-4-2-3-5-13(12)18-11/h2-5,9,11,15H,6-8H2,1H3. The first kappa shape index (κ1) is 12.4. The lowest BCUT2D eigenvalue weighted by atomic mass is 10.2. The maximum absolute atomic E-state index is 5.87. The van der Waals surface area contributed by atoms with Gasteiger partial charge in [0.1, 0.15) is 17.7 Å². The number of nitrogens with one attached hydrogen (secondary N) is 1. The monoisotopic (exact) mass is 276 g/mol. The lowest BCUT2D eigenvalue weighted by molar-refractivity contribution is 0.0902. The molecule has 1 unspecified atom stereocenters. The summed E-state index contributed by atoms with van der Waals surface area (Å²) in [5, 5.41) is 6.53. The predicted octanol–water partition coefficient (Wildman–Crippen LogP) is 2.38. The van der Waals surface area contributed by atoms with E-state index >= 15 is 0 Å². The molecular formula is C14H16N2O2S. The molecule has 100 valence electrons. The van der Waals surface area contributed by atoms with Crippen LogP contribution in [-0.4, -0.2) is 24.2 Å². The zero-order valence-corrected chi connectivity index (χ0v) is 11.6. The number of aryl methyl sites for hydroxylation is 1. The third-order valence-electron chi connectivity index (χ3n) is 2.88. The van der Waals surface area contributed by atoms with Crippen molar-refractivity contribution in [3.05, 3.63) is 40.3 Å². The molecule has 0 fully saturated rings. The van der Waals surface area contributed by atoms with Crippen LogP contribution in [0.5, 0.6) is 11.5 Å². The Morgan fingerprint density at radius 2 is 2.21 bits per heavy atom. The van der Waals surface area contributed by atoms with Gasteiger partial charge >= 0.3 is 0 Å². The molecule has 4 nitrogen and oxygen atoms in total. The van der Waals surface area contributed by atoms with Gasteiger partial charge in [-0.25, -0.2) is 4.98 Å². The number of hydrogen-bond donors (Lipinski definition) is 1. The number of thiazole rings is 1. The molecule has 1 N–H and O–H groups in total. The van der Waals surface area contributed by atoms with Gasteiger partial charge in [-0.2, -0.15) is 0 Å². The van der Waals surface area contributed by atoms with Crippen molar-refractivity contribution in [1.29, 1.82) is 0 Å². The summed E-state index contributed by atoms with van der Waals surface area (Å²) in [6, 6.07) is 7.77. The summed E-state index contributed by atoms with van der Waals surface area (Å²) in [6.45, 7) is 4.13. The largest absolute Gasteiger partial charge is 0.486 e. The topological polar surface area (TPSA) is 43.4 Å². The molecule has 0 saturated carbocycles. The van der Waals surface area contributed by atoms with Crippen LogP contribution in [0.25, 0.3) is 0 Å². The number of aromatic nitrogens is 1. The fourth-order valence-electron chi connectivity index (χ4n) is 1.99. The van der Waals surface area contributed by atoms with E-state index in [2.05, 4.69) is 15.7 Å². The molecule has 0 saturated heterocycles. The third kappa shape index (κ3) is 3.05. The Hall–Kier alpha value is -1.59. The molecule has 1 atom stereocenters. The van der Waals surface area contributed by atoms with E-state index in [1.165, 1.54) is 0 Å². The van der Waals surface area contributed by atoms with E-state index in [-0.39, 0.29) is 6.10 Å². The number of rotatable bonds is 4. The third-order valence-corrected chi connectivity index (χ3v) is 3.85. The highest BCUT2D eigenvalue weighted by Crippen LogP contribution is 2.30. The normalized spacial score (nSPS) is 17.4. The van der Waals surface area contributed by atoms with Gasteiger partial charge in [0, 0.05) is 24.2 Å². The van der Waals surface area contributed by atoms with E-state index in [0.717, 1.165) is 35.3 Å². The van der Waals surface area contributed by atoms with Crippen molar-refractivity contribution in [3.63, 3.8) is 0 Å². The fraction of sp³-hybridized carbons (Fsp3) is 0.357.